The van der Waals surface area contributed by atoms with Crippen molar-refractivity contribution in [3.8, 4) is 11.1 Å². The number of allylic oxidation sites excluding steroid dienone is 1. The molecule has 0 saturated carbocycles. The van der Waals surface area contributed by atoms with E-state index in [0.29, 0.717) is 21.8 Å². The Bertz CT molecular complexity index is 1250. The van der Waals surface area contributed by atoms with Gasteiger partial charge in [-0.15, -0.1) is 0 Å². The highest BCUT2D eigenvalue weighted by atomic mass is 35.5. The van der Waals surface area contributed by atoms with Gasteiger partial charge >= 0.3 is 0 Å². The number of ketones is 1. The van der Waals surface area contributed by atoms with Crippen LogP contribution in [0.15, 0.2) is 78.9 Å². The Morgan fingerprint density at radius 2 is 1.66 bits per heavy atom. The van der Waals surface area contributed by atoms with Crippen LogP contribution in [0.25, 0.3) is 28.1 Å². The number of halogens is 2. The number of fused-ring (bicyclic) bond motifs is 1. The number of hydrogen-bond donors (Lipinski definition) is 0. The van der Waals surface area contributed by atoms with Crippen LogP contribution in [0.4, 0.5) is 4.39 Å². The minimum absolute atomic E-state index is 0.228. The number of aromatic nitrogens is 1. The third kappa shape index (κ3) is 3.82. The van der Waals surface area contributed by atoms with Crippen molar-refractivity contribution in [3.63, 3.8) is 0 Å². The molecule has 0 amide bonds. The molecule has 2 nitrogen and oxygen atoms in total. The largest absolute Gasteiger partial charge is 0.289 e. The second kappa shape index (κ2) is 7.98. The van der Waals surface area contributed by atoms with Gasteiger partial charge in [0, 0.05) is 27.2 Å². The van der Waals surface area contributed by atoms with E-state index in [-0.39, 0.29) is 11.6 Å². The van der Waals surface area contributed by atoms with E-state index >= 15 is 0 Å². The van der Waals surface area contributed by atoms with Crippen LogP contribution in [0, 0.1) is 12.7 Å². The number of rotatable bonds is 4. The van der Waals surface area contributed by atoms with Gasteiger partial charge in [-0.25, -0.2) is 4.39 Å². The van der Waals surface area contributed by atoms with Gasteiger partial charge in [-0.05, 0) is 48.9 Å². The highest BCUT2D eigenvalue weighted by Crippen LogP contribution is 2.34. The lowest BCUT2D eigenvalue weighted by Gasteiger charge is -2.14. The lowest BCUT2D eigenvalue weighted by atomic mass is 9.92. The third-order valence-electron chi connectivity index (χ3n) is 4.77. The van der Waals surface area contributed by atoms with Crippen molar-refractivity contribution in [1.82, 2.24) is 4.98 Å². The van der Waals surface area contributed by atoms with E-state index in [0.717, 1.165) is 22.0 Å². The molecule has 0 radical (unpaired) electrons. The number of benzene rings is 3. The fraction of sp³-hybridized carbons (Fsp3) is 0.0400. The molecule has 0 aliphatic rings. The molecule has 29 heavy (non-hydrogen) atoms. The second-order valence-corrected chi connectivity index (χ2v) is 7.13. The number of nitrogens with zero attached hydrogens (tertiary/aromatic N) is 1. The number of aryl methyl sites for hydroxylation is 1. The van der Waals surface area contributed by atoms with Crippen molar-refractivity contribution in [3.05, 3.63) is 107 Å². The molecule has 4 aromatic rings. The molecular formula is C25H17ClFNO. The first-order chi connectivity index (χ1) is 14.0. The maximum Gasteiger partial charge on any atom is 0.188 e. The molecule has 4 heteroatoms. The Kier molecular flexibility index (Phi) is 5.24. The Morgan fingerprint density at radius 3 is 2.41 bits per heavy atom. The summed E-state index contributed by atoms with van der Waals surface area (Å²) in [5, 5.41) is 1.50. The average Bonchev–Trinajstić information content (AvgIpc) is 2.72. The SMILES string of the molecule is Cc1nc2ccccc2c(-c2ccc(Cl)cc2)c1C(=O)/C=C/c1ccccc1F. The summed E-state index contributed by atoms with van der Waals surface area (Å²) in [6.07, 6.45) is 2.90. The number of hydrogen-bond acceptors (Lipinski definition) is 2. The topological polar surface area (TPSA) is 30.0 Å². The van der Waals surface area contributed by atoms with Crippen molar-refractivity contribution in [2.75, 3.05) is 0 Å². The Morgan fingerprint density at radius 1 is 0.966 bits per heavy atom. The second-order valence-electron chi connectivity index (χ2n) is 6.69. The van der Waals surface area contributed by atoms with Crippen molar-refractivity contribution in [1.29, 1.82) is 0 Å². The highest BCUT2D eigenvalue weighted by molar-refractivity contribution is 6.30. The zero-order chi connectivity index (χ0) is 20.4. The minimum Gasteiger partial charge on any atom is -0.289 e. The summed E-state index contributed by atoms with van der Waals surface area (Å²) in [7, 11) is 0. The predicted octanol–water partition coefficient (Wildman–Crippen LogP) is 6.90. The van der Waals surface area contributed by atoms with Crippen LogP contribution in [0.2, 0.25) is 5.02 Å². The molecule has 0 aliphatic carbocycles. The van der Waals surface area contributed by atoms with Gasteiger partial charge in [0.2, 0.25) is 0 Å². The van der Waals surface area contributed by atoms with Crippen LogP contribution >= 0.6 is 11.6 Å². The molecule has 4 rings (SSSR count). The van der Waals surface area contributed by atoms with Gasteiger partial charge in [0.25, 0.3) is 0 Å². The fourth-order valence-electron chi connectivity index (χ4n) is 3.41. The van der Waals surface area contributed by atoms with Crippen molar-refractivity contribution in [2.45, 2.75) is 6.92 Å². The zero-order valence-electron chi connectivity index (χ0n) is 15.7. The summed E-state index contributed by atoms with van der Waals surface area (Å²) >= 11 is 6.06. The normalized spacial score (nSPS) is 11.3. The molecule has 1 aromatic heterocycles. The molecule has 0 bridgehead atoms. The van der Waals surface area contributed by atoms with E-state index in [1.165, 1.54) is 18.2 Å². The zero-order valence-corrected chi connectivity index (χ0v) is 16.5. The summed E-state index contributed by atoms with van der Waals surface area (Å²) < 4.78 is 13.9. The monoisotopic (exact) mass is 401 g/mol. The van der Waals surface area contributed by atoms with E-state index in [1.54, 1.807) is 30.3 Å². The maximum absolute atomic E-state index is 13.9. The Hall–Kier alpha value is -3.30. The molecule has 0 aliphatic heterocycles. The lowest BCUT2D eigenvalue weighted by molar-refractivity contribution is 0.104. The standard InChI is InChI=1S/C25H17ClFNO/c1-16-24(23(29)15-12-17-6-2-4-8-21(17)27)25(18-10-13-19(26)14-11-18)20-7-3-5-9-22(20)28-16/h2-15H,1H3/b15-12+. The summed E-state index contributed by atoms with van der Waals surface area (Å²) in [6, 6.07) is 21.4. The van der Waals surface area contributed by atoms with Crippen LogP contribution in [-0.4, -0.2) is 10.8 Å². The van der Waals surface area contributed by atoms with Gasteiger partial charge in [0.05, 0.1) is 11.1 Å². The molecule has 142 valence electrons. The van der Waals surface area contributed by atoms with Gasteiger partial charge in [-0.3, -0.25) is 9.78 Å². The summed E-state index contributed by atoms with van der Waals surface area (Å²) in [5.41, 5.74) is 3.96. The first-order valence-corrected chi connectivity index (χ1v) is 9.54. The lowest BCUT2D eigenvalue weighted by Crippen LogP contribution is -2.05. The molecule has 3 aromatic carbocycles. The first kappa shape index (κ1) is 19.0. The van der Waals surface area contributed by atoms with E-state index in [4.69, 9.17) is 11.6 Å². The number of pyridine rings is 1. The maximum atomic E-state index is 13.9. The van der Waals surface area contributed by atoms with E-state index in [9.17, 15) is 9.18 Å². The van der Waals surface area contributed by atoms with Crippen LogP contribution in [0.1, 0.15) is 21.6 Å². The molecule has 0 spiro atoms. The summed E-state index contributed by atoms with van der Waals surface area (Å²) in [4.78, 5) is 17.8. The average molecular weight is 402 g/mol. The Balaban J connectivity index is 1.90. The van der Waals surface area contributed by atoms with Gasteiger partial charge in [0.1, 0.15) is 5.82 Å². The molecule has 0 unspecified atom stereocenters. The molecule has 1 heterocycles. The van der Waals surface area contributed by atoms with Gasteiger partial charge < -0.3 is 0 Å². The van der Waals surface area contributed by atoms with Crippen LogP contribution in [0.3, 0.4) is 0 Å². The van der Waals surface area contributed by atoms with E-state index < -0.39 is 0 Å². The van der Waals surface area contributed by atoms with E-state index in [1.807, 2.05) is 43.3 Å². The molecule has 0 saturated heterocycles. The number of carbonyl (C=O) groups is 1. The molecule has 0 atom stereocenters. The highest BCUT2D eigenvalue weighted by Gasteiger charge is 2.19. The molecular weight excluding hydrogens is 385 g/mol. The fourth-order valence-corrected chi connectivity index (χ4v) is 3.54. The molecule has 0 fully saturated rings. The Labute approximate surface area is 173 Å². The molecule has 0 N–H and O–H groups in total. The summed E-state index contributed by atoms with van der Waals surface area (Å²) in [6.45, 7) is 1.82. The minimum atomic E-state index is -0.372. The third-order valence-corrected chi connectivity index (χ3v) is 5.02. The van der Waals surface area contributed by atoms with Crippen LogP contribution < -0.4 is 0 Å². The van der Waals surface area contributed by atoms with Crippen molar-refractivity contribution >= 4 is 34.4 Å². The first-order valence-electron chi connectivity index (χ1n) is 9.17. The predicted molar refractivity (Wildman–Crippen MR) is 117 cm³/mol. The van der Waals surface area contributed by atoms with Crippen molar-refractivity contribution < 1.29 is 9.18 Å². The number of para-hydroxylation sites is 1. The van der Waals surface area contributed by atoms with Crippen LogP contribution in [0.5, 0.6) is 0 Å². The number of carbonyl (C=O) groups excluding carboxylic acids is 1. The quantitative estimate of drug-likeness (QED) is 0.275. The van der Waals surface area contributed by atoms with Gasteiger partial charge in [-0.2, -0.15) is 0 Å². The van der Waals surface area contributed by atoms with Crippen LogP contribution in [-0.2, 0) is 0 Å². The smallest absolute Gasteiger partial charge is 0.188 e. The van der Waals surface area contributed by atoms with Crippen molar-refractivity contribution in [2.24, 2.45) is 0 Å². The van der Waals surface area contributed by atoms with Gasteiger partial charge in [-0.1, -0.05) is 60.1 Å². The van der Waals surface area contributed by atoms with E-state index in [2.05, 4.69) is 4.98 Å². The summed E-state index contributed by atoms with van der Waals surface area (Å²) in [5.74, 6) is -0.600. The van der Waals surface area contributed by atoms with Gasteiger partial charge in [0.15, 0.2) is 5.78 Å².